The standard InChI is InChI=1S/C94H64F10N4/c1-41-29-45(5)67(46(6)30-41)73-59-23-13-11-21-57(59)51-17-15-19-53(37-51)71-69-49(9)33-43(3)35-55(69)39-61-75(93(107-91(61)71)77(65-27-25-63(73)105-65)79-81(95)85(99)89(103)86(100)82(79)96)76-62-40-56-36-44(4)34-50(10)70(56)72-54-20-16-18-52(38-54)58-22-12-14-24-60(58)74(68-47(7)31-42(2)32-48(68)8)64-26-28-66(106-64)78(94(76)108-92(62)72)80-83(97)87(101)90(104)88(102)84(80)98/h11-40,105-108H,1-10H3. The molecule has 2 aliphatic heterocycles. The average Bonchev–Trinajstić information content (AvgIpc) is 1.53. The molecule has 6 heterocycles. The molecule has 0 aliphatic carbocycles. The molecule has 14 heteroatoms. The van der Waals surface area contributed by atoms with E-state index in [0.29, 0.717) is 65.6 Å². The van der Waals surface area contributed by atoms with Crippen LogP contribution < -0.4 is 21.4 Å². The summed E-state index contributed by atoms with van der Waals surface area (Å²) in [6, 6.07) is 57.7. The molecule has 0 atom stereocenters. The minimum Gasteiger partial charge on any atom is -0.354 e. The van der Waals surface area contributed by atoms with Gasteiger partial charge in [-0.05, 0) is 228 Å². The third-order valence-corrected chi connectivity index (χ3v) is 22.0. The third kappa shape index (κ3) is 9.97. The van der Waals surface area contributed by atoms with Crippen molar-refractivity contribution in [1.82, 2.24) is 19.9 Å². The molecule has 4 aromatic heterocycles. The van der Waals surface area contributed by atoms with E-state index in [0.717, 1.165) is 100 Å². The van der Waals surface area contributed by atoms with E-state index in [-0.39, 0.29) is 55.0 Å². The van der Waals surface area contributed by atoms with E-state index in [1.165, 1.54) is 12.1 Å². The van der Waals surface area contributed by atoms with E-state index < -0.39 is 80.4 Å². The van der Waals surface area contributed by atoms with Gasteiger partial charge in [-0.2, -0.15) is 0 Å². The average molecular weight is 1440 g/mol. The maximum Gasteiger partial charge on any atom is 0.200 e. The highest BCUT2D eigenvalue weighted by atomic mass is 19.2. The number of halogens is 10. The molecule has 2 aliphatic rings. The van der Waals surface area contributed by atoms with Gasteiger partial charge in [0.1, 0.15) is 0 Å². The summed E-state index contributed by atoms with van der Waals surface area (Å²) in [6.07, 6.45) is 0. The molecule has 12 aromatic carbocycles. The molecule has 0 spiro atoms. The van der Waals surface area contributed by atoms with Crippen LogP contribution in [0.4, 0.5) is 43.9 Å². The Morgan fingerprint density at radius 2 is 0.519 bits per heavy atom. The van der Waals surface area contributed by atoms with Crippen molar-refractivity contribution in [3.63, 3.8) is 0 Å². The molecule has 18 rings (SSSR count). The van der Waals surface area contributed by atoms with E-state index in [1.54, 1.807) is 12.1 Å². The summed E-state index contributed by atoms with van der Waals surface area (Å²) >= 11 is 0. The van der Waals surface area contributed by atoms with Gasteiger partial charge in [0.15, 0.2) is 46.5 Å². The van der Waals surface area contributed by atoms with E-state index in [1.807, 2.05) is 227 Å². The fourth-order valence-electron chi connectivity index (χ4n) is 18.0. The van der Waals surface area contributed by atoms with Crippen molar-refractivity contribution in [2.24, 2.45) is 0 Å². The van der Waals surface area contributed by atoms with Crippen LogP contribution in [0.15, 0.2) is 182 Å². The predicted octanol–water partition coefficient (Wildman–Crippen LogP) is 22.0. The molecule has 530 valence electrons. The van der Waals surface area contributed by atoms with Gasteiger partial charge in [0, 0.05) is 76.7 Å². The molecule has 0 amide bonds. The molecular formula is C94H64F10N4. The molecule has 16 aromatic rings. The van der Waals surface area contributed by atoms with Gasteiger partial charge in [-0.3, -0.25) is 0 Å². The first kappa shape index (κ1) is 67.5. The Hall–Kier alpha value is -12.4. The van der Waals surface area contributed by atoms with Crippen LogP contribution in [-0.4, -0.2) is 19.9 Å². The second kappa shape index (κ2) is 24.6. The van der Waals surface area contributed by atoms with Crippen molar-refractivity contribution in [2.75, 3.05) is 0 Å². The number of aromatic nitrogens is 4. The number of nitrogens with one attached hydrogen (secondary N) is 4. The van der Waals surface area contributed by atoms with Crippen molar-refractivity contribution in [3.05, 3.63) is 362 Å². The van der Waals surface area contributed by atoms with Gasteiger partial charge in [0.2, 0.25) is 11.6 Å². The van der Waals surface area contributed by atoms with Crippen LogP contribution >= 0.6 is 0 Å². The SMILES string of the molecule is Cc1cc(C)c(C2=c3ccc([nH]3)=C(c3c(F)c(F)c(F)c(F)c3F)c3[nH]c4c(c5c(C)cc(C)cc5cc4c3-c3c4[nH]c5c(c6c(C)cc(C)cc6cc35)-c3cccc(c3)-c3ccccc3C(c3c(C)cc(C)cc3C)=c3ccc([nH]3)=C4c3c(F)c(F)c(F)c(F)c3F)-c3cccc(c3)-c3ccccc32)c(C)c1. The van der Waals surface area contributed by atoms with Crippen molar-refractivity contribution in [3.8, 4) is 55.6 Å². The van der Waals surface area contributed by atoms with Crippen LogP contribution in [0.1, 0.15) is 100 Å². The first-order valence-electron chi connectivity index (χ1n) is 35.5. The normalized spacial score (nSPS) is 12.7. The molecule has 0 radical (unpaired) electrons. The van der Waals surface area contributed by atoms with Crippen LogP contribution in [0.3, 0.4) is 0 Å². The number of rotatable bonds is 5. The lowest BCUT2D eigenvalue weighted by Crippen LogP contribution is -2.21. The lowest BCUT2D eigenvalue weighted by atomic mass is 9.84. The highest BCUT2D eigenvalue weighted by molar-refractivity contribution is 6.25. The Morgan fingerprint density at radius 1 is 0.222 bits per heavy atom. The number of aryl methyl sites for hydroxylation is 10. The summed E-state index contributed by atoms with van der Waals surface area (Å²) in [7, 11) is 0. The van der Waals surface area contributed by atoms with Gasteiger partial charge < -0.3 is 19.9 Å². The lowest BCUT2D eigenvalue weighted by Gasteiger charge is -2.19. The van der Waals surface area contributed by atoms with Crippen LogP contribution in [0, 0.1) is 127 Å². The zero-order chi connectivity index (χ0) is 75.2. The Kier molecular flexibility index (Phi) is 15.4. The summed E-state index contributed by atoms with van der Waals surface area (Å²) in [5.41, 5.74) is 14.3. The summed E-state index contributed by atoms with van der Waals surface area (Å²) in [5, 5.41) is 3.53. The van der Waals surface area contributed by atoms with Gasteiger partial charge in [-0.15, -0.1) is 0 Å². The minimum absolute atomic E-state index is 0.0427. The highest BCUT2D eigenvalue weighted by Gasteiger charge is 2.38. The first-order valence-corrected chi connectivity index (χ1v) is 35.5. The first-order chi connectivity index (χ1) is 51.8. The van der Waals surface area contributed by atoms with Gasteiger partial charge >= 0.3 is 0 Å². The predicted molar refractivity (Wildman–Crippen MR) is 412 cm³/mol. The summed E-state index contributed by atoms with van der Waals surface area (Å²) in [6.45, 7) is 19.6. The fourth-order valence-corrected chi connectivity index (χ4v) is 18.0. The molecule has 0 fully saturated rings. The molecule has 12 bridgehead atoms. The van der Waals surface area contributed by atoms with Crippen LogP contribution in [0.2, 0.25) is 0 Å². The number of hydrogen-bond acceptors (Lipinski definition) is 0. The van der Waals surface area contributed by atoms with Crippen molar-refractivity contribution < 1.29 is 43.9 Å². The molecule has 0 saturated carbocycles. The van der Waals surface area contributed by atoms with Crippen LogP contribution in [0.5, 0.6) is 0 Å². The Morgan fingerprint density at radius 3 is 0.870 bits per heavy atom. The minimum atomic E-state index is -2.42. The largest absolute Gasteiger partial charge is 0.354 e. The lowest BCUT2D eigenvalue weighted by molar-refractivity contribution is 0.376. The van der Waals surface area contributed by atoms with Crippen molar-refractivity contribution in [2.45, 2.75) is 69.2 Å². The summed E-state index contributed by atoms with van der Waals surface area (Å²) in [5.74, 6) is -22.7. The zero-order valence-corrected chi connectivity index (χ0v) is 60.1. The van der Waals surface area contributed by atoms with E-state index in [4.69, 9.17) is 0 Å². The second-order valence-electron chi connectivity index (χ2n) is 29.2. The van der Waals surface area contributed by atoms with E-state index >= 15 is 43.9 Å². The molecule has 0 saturated heterocycles. The third-order valence-electron chi connectivity index (χ3n) is 22.0. The maximum absolute atomic E-state index is 18.3. The quantitative estimate of drug-likeness (QED) is 0.0754. The number of benzene rings is 12. The van der Waals surface area contributed by atoms with Crippen molar-refractivity contribution in [1.29, 1.82) is 0 Å². The molecule has 4 N–H and O–H groups in total. The Bertz CT molecular complexity index is 6530. The van der Waals surface area contributed by atoms with E-state index in [9.17, 15) is 0 Å². The Balaban J connectivity index is 1.17. The summed E-state index contributed by atoms with van der Waals surface area (Å²) < 4.78 is 173. The van der Waals surface area contributed by atoms with Gasteiger partial charge in [0.05, 0.1) is 33.5 Å². The molecular weight excluding hydrogens is 1380 g/mol. The van der Waals surface area contributed by atoms with E-state index in [2.05, 4.69) is 19.9 Å². The smallest absolute Gasteiger partial charge is 0.200 e. The fraction of sp³-hybridized carbons (Fsp3) is 0.106. The van der Waals surface area contributed by atoms with Crippen LogP contribution in [0.25, 0.3) is 121 Å². The highest BCUT2D eigenvalue weighted by Crippen LogP contribution is 2.54. The number of hydrogen-bond donors (Lipinski definition) is 4. The topological polar surface area (TPSA) is 63.2 Å². The number of aromatic amines is 4. The number of H-pyrrole nitrogens is 4. The molecule has 108 heavy (non-hydrogen) atoms. The zero-order valence-electron chi connectivity index (χ0n) is 60.1. The van der Waals surface area contributed by atoms with Gasteiger partial charge in [-0.25, -0.2) is 43.9 Å². The monoisotopic (exact) mass is 1440 g/mol. The number of fused-ring (bicyclic) bond motifs is 20. The summed E-state index contributed by atoms with van der Waals surface area (Å²) in [4.78, 5) is 14.4. The van der Waals surface area contributed by atoms with Gasteiger partial charge in [-0.1, -0.05) is 156 Å². The van der Waals surface area contributed by atoms with Crippen LogP contribution in [-0.2, 0) is 0 Å². The van der Waals surface area contributed by atoms with Gasteiger partial charge in [0.25, 0.3) is 0 Å². The molecule has 0 unspecified atom stereocenters. The Labute approximate surface area is 613 Å². The maximum atomic E-state index is 18.3. The second-order valence-corrected chi connectivity index (χ2v) is 29.2. The molecule has 4 nitrogen and oxygen atoms in total. The van der Waals surface area contributed by atoms with Crippen molar-refractivity contribution >= 4 is 65.6 Å².